The topological polar surface area (TPSA) is 44.1 Å². The third-order valence-electron chi connectivity index (χ3n) is 3.59. The van der Waals surface area contributed by atoms with E-state index in [4.69, 9.17) is 16.9 Å². The maximum Gasteiger partial charge on any atom is 0.255 e. The Labute approximate surface area is 126 Å². The largest absolute Gasteiger partial charge is 0.339 e. The zero-order valence-corrected chi connectivity index (χ0v) is 13.0. The minimum atomic E-state index is -0.298. The number of likely N-dealkylation sites (tertiary alicyclic amines) is 1. The predicted octanol–water partition coefficient (Wildman–Crippen LogP) is 3.87. The summed E-state index contributed by atoms with van der Waals surface area (Å²) in [7, 11) is 0. The lowest BCUT2D eigenvalue weighted by molar-refractivity contribution is 0.0661. The highest BCUT2D eigenvalue weighted by atomic mass is 79.9. The number of amides is 1. The van der Waals surface area contributed by atoms with Crippen LogP contribution in [0.4, 0.5) is 0 Å². The molecule has 0 unspecified atom stereocenters. The van der Waals surface area contributed by atoms with E-state index in [0.29, 0.717) is 28.1 Å². The smallest absolute Gasteiger partial charge is 0.255 e. The summed E-state index contributed by atoms with van der Waals surface area (Å²) >= 11 is 9.24. The van der Waals surface area contributed by atoms with Gasteiger partial charge in [0.05, 0.1) is 17.0 Å². The van der Waals surface area contributed by atoms with Crippen molar-refractivity contribution in [3.63, 3.8) is 0 Å². The minimum Gasteiger partial charge on any atom is -0.339 e. The van der Waals surface area contributed by atoms with Crippen LogP contribution in [-0.4, -0.2) is 23.9 Å². The summed E-state index contributed by atoms with van der Waals surface area (Å²) in [6.45, 7) is 3.20. The Bertz CT molecular complexity index is 545. The Morgan fingerprint density at radius 2 is 2.11 bits per heavy atom. The number of carbonyl (C=O) groups excluding carboxylic acids is 1. The van der Waals surface area contributed by atoms with Gasteiger partial charge in [-0.25, -0.2) is 0 Å². The molecule has 0 aliphatic carbocycles. The molecule has 0 aromatic heterocycles. The van der Waals surface area contributed by atoms with E-state index < -0.39 is 0 Å². The number of piperidine rings is 1. The molecule has 1 aromatic carbocycles. The van der Waals surface area contributed by atoms with Crippen LogP contribution >= 0.6 is 27.5 Å². The van der Waals surface area contributed by atoms with E-state index in [1.54, 1.807) is 23.1 Å². The molecule has 1 aromatic rings. The van der Waals surface area contributed by atoms with Gasteiger partial charge >= 0.3 is 0 Å². The second kappa shape index (κ2) is 5.52. The molecule has 3 nitrogen and oxygen atoms in total. The number of halogens is 2. The number of hydrogen-bond acceptors (Lipinski definition) is 2. The molecule has 1 aliphatic heterocycles. The SMILES string of the molecule is CC1(C#N)CCN(C(=O)c2ccc(Cl)cc2Br)CC1. The van der Waals surface area contributed by atoms with Crippen LogP contribution in [0.3, 0.4) is 0 Å². The number of benzene rings is 1. The molecule has 2 rings (SSSR count). The van der Waals surface area contributed by atoms with Crippen LogP contribution < -0.4 is 0 Å². The van der Waals surface area contributed by atoms with Gasteiger partial charge in [-0.05, 0) is 53.9 Å². The number of carbonyl (C=O) groups is 1. The summed E-state index contributed by atoms with van der Waals surface area (Å²) in [5, 5.41) is 9.69. The Morgan fingerprint density at radius 1 is 1.47 bits per heavy atom. The van der Waals surface area contributed by atoms with Crippen LogP contribution in [0.25, 0.3) is 0 Å². The molecular formula is C14H14BrClN2O. The van der Waals surface area contributed by atoms with Gasteiger partial charge < -0.3 is 4.90 Å². The minimum absolute atomic E-state index is 0.0106. The first-order valence-electron chi connectivity index (χ1n) is 6.11. The number of hydrogen-bond donors (Lipinski definition) is 0. The van der Waals surface area contributed by atoms with Crippen LogP contribution in [0.5, 0.6) is 0 Å². The average molecular weight is 342 g/mol. The summed E-state index contributed by atoms with van der Waals surface area (Å²) < 4.78 is 0.707. The third kappa shape index (κ3) is 3.10. The molecule has 1 fully saturated rings. The van der Waals surface area contributed by atoms with Gasteiger partial charge in [0.25, 0.3) is 5.91 Å². The molecule has 1 saturated heterocycles. The number of nitriles is 1. The van der Waals surface area contributed by atoms with Crippen molar-refractivity contribution in [2.75, 3.05) is 13.1 Å². The monoisotopic (exact) mass is 340 g/mol. The summed E-state index contributed by atoms with van der Waals surface area (Å²) in [6.07, 6.45) is 1.45. The van der Waals surface area contributed by atoms with Gasteiger partial charge in [0.1, 0.15) is 0 Å². The van der Waals surface area contributed by atoms with Gasteiger partial charge in [-0.15, -0.1) is 0 Å². The van der Waals surface area contributed by atoms with E-state index in [1.807, 2.05) is 6.92 Å². The first kappa shape index (κ1) is 14.4. The Morgan fingerprint density at radius 3 is 2.63 bits per heavy atom. The molecule has 1 heterocycles. The van der Waals surface area contributed by atoms with E-state index in [1.165, 1.54) is 0 Å². The van der Waals surface area contributed by atoms with Gasteiger partial charge in [-0.3, -0.25) is 4.79 Å². The van der Waals surface area contributed by atoms with E-state index in [2.05, 4.69) is 22.0 Å². The standard InChI is InChI=1S/C14H14BrClN2O/c1-14(9-17)4-6-18(7-5-14)13(19)11-3-2-10(16)8-12(11)15/h2-3,8H,4-7H2,1H3. The molecule has 1 amide bonds. The first-order chi connectivity index (χ1) is 8.95. The van der Waals surface area contributed by atoms with E-state index in [0.717, 1.165) is 12.8 Å². The van der Waals surface area contributed by atoms with Gasteiger partial charge in [0.2, 0.25) is 0 Å². The van der Waals surface area contributed by atoms with Crippen molar-refractivity contribution < 1.29 is 4.79 Å². The maximum absolute atomic E-state index is 12.4. The van der Waals surface area contributed by atoms with Crippen LogP contribution in [0.15, 0.2) is 22.7 Å². The van der Waals surface area contributed by atoms with Gasteiger partial charge in [-0.1, -0.05) is 11.6 Å². The quantitative estimate of drug-likeness (QED) is 0.778. The molecule has 1 aliphatic rings. The highest BCUT2D eigenvalue weighted by Gasteiger charge is 2.32. The average Bonchev–Trinajstić information content (AvgIpc) is 2.39. The van der Waals surface area contributed by atoms with E-state index in [-0.39, 0.29) is 11.3 Å². The van der Waals surface area contributed by atoms with Crippen LogP contribution in [0.2, 0.25) is 5.02 Å². The van der Waals surface area contributed by atoms with Crippen molar-refractivity contribution in [2.45, 2.75) is 19.8 Å². The summed E-state index contributed by atoms with van der Waals surface area (Å²) in [5.41, 5.74) is 0.318. The fourth-order valence-electron chi connectivity index (χ4n) is 2.15. The lowest BCUT2D eigenvalue weighted by Gasteiger charge is -2.35. The molecule has 0 bridgehead atoms. The van der Waals surface area contributed by atoms with Crippen molar-refractivity contribution in [1.82, 2.24) is 4.90 Å². The van der Waals surface area contributed by atoms with Crippen molar-refractivity contribution in [3.8, 4) is 6.07 Å². The normalized spacial score (nSPS) is 17.9. The Hall–Kier alpha value is -1.05. The van der Waals surface area contributed by atoms with E-state index in [9.17, 15) is 4.79 Å². The molecule has 0 saturated carbocycles. The Balaban J connectivity index is 2.12. The fourth-order valence-corrected chi connectivity index (χ4v) is 3.00. The summed E-state index contributed by atoms with van der Waals surface area (Å²) in [4.78, 5) is 14.2. The molecule has 19 heavy (non-hydrogen) atoms. The zero-order valence-electron chi connectivity index (χ0n) is 10.6. The van der Waals surface area contributed by atoms with Crippen LogP contribution in [0, 0.1) is 16.7 Å². The second-order valence-corrected chi connectivity index (χ2v) is 6.38. The summed E-state index contributed by atoms with van der Waals surface area (Å²) in [6, 6.07) is 7.49. The molecule has 5 heteroatoms. The summed E-state index contributed by atoms with van der Waals surface area (Å²) in [5.74, 6) is -0.0106. The highest BCUT2D eigenvalue weighted by molar-refractivity contribution is 9.10. The van der Waals surface area contributed by atoms with Gasteiger partial charge in [0.15, 0.2) is 0 Å². The van der Waals surface area contributed by atoms with Crippen molar-refractivity contribution >= 4 is 33.4 Å². The fraction of sp³-hybridized carbons (Fsp3) is 0.429. The predicted molar refractivity (Wildman–Crippen MR) is 78.0 cm³/mol. The second-order valence-electron chi connectivity index (χ2n) is 5.09. The lowest BCUT2D eigenvalue weighted by Crippen LogP contribution is -2.41. The van der Waals surface area contributed by atoms with Crippen molar-refractivity contribution in [1.29, 1.82) is 5.26 Å². The van der Waals surface area contributed by atoms with Crippen molar-refractivity contribution in [3.05, 3.63) is 33.3 Å². The van der Waals surface area contributed by atoms with Gasteiger partial charge in [0, 0.05) is 22.6 Å². The highest BCUT2D eigenvalue weighted by Crippen LogP contribution is 2.31. The molecular weight excluding hydrogens is 328 g/mol. The van der Waals surface area contributed by atoms with Crippen LogP contribution in [-0.2, 0) is 0 Å². The number of nitrogens with zero attached hydrogens (tertiary/aromatic N) is 2. The molecule has 0 radical (unpaired) electrons. The molecule has 100 valence electrons. The first-order valence-corrected chi connectivity index (χ1v) is 7.28. The lowest BCUT2D eigenvalue weighted by atomic mass is 9.82. The maximum atomic E-state index is 12.4. The van der Waals surface area contributed by atoms with Crippen molar-refractivity contribution in [2.24, 2.45) is 5.41 Å². The molecule has 0 spiro atoms. The molecule has 0 N–H and O–H groups in total. The zero-order chi connectivity index (χ0) is 14.0. The van der Waals surface area contributed by atoms with Crippen LogP contribution in [0.1, 0.15) is 30.1 Å². The third-order valence-corrected chi connectivity index (χ3v) is 4.48. The Kier molecular flexibility index (Phi) is 4.17. The number of rotatable bonds is 1. The molecule has 0 atom stereocenters. The van der Waals surface area contributed by atoms with Gasteiger partial charge in [-0.2, -0.15) is 5.26 Å². The van der Waals surface area contributed by atoms with E-state index >= 15 is 0 Å².